The van der Waals surface area contributed by atoms with Crippen molar-refractivity contribution in [1.29, 1.82) is 0 Å². The van der Waals surface area contributed by atoms with Gasteiger partial charge in [-0.05, 0) is 49.7 Å². The minimum absolute atomic E-state index is 0.0124. The Bertz CT molecular complexity index is 756. The number of carbonyl (C=O) groups is 2. The molecule has 0 unspecified atom stereocenters. The third kappa shape index (κ3) is 3.44. The van der Waals surface area contributed by atoms with Crippen LogP contribution in [0.1, 0.15) is 34.5 Å². The van der Waals surface area contributed by atoms with Crippen molar-refractivity contribution in [2.75, 3.05) is 19.6 Å². The molecule has 1 saturated heterocycles. The molecule has 24 heavy (non-hydrogen) atoms. The monoisotopic (exact) mass is 345 g/mol. The highest BCUT2D eigenvalue weighted by molar-refractivity contribution is 7.21. The topological polar surface area (TPSA) is 75.4 Å². The number of aryl methyl sites for hydroxylation is 1. The van der Waals surface area contributed by atoms with Gasteiger partial charge >= 0.3 is 0 Å². The van der Waals surface area contributed by atoms with E-state index in [0.717, 1.165) is 52.9 Å². The van der Waals surface area contributed by atoms with Gasteiger partial charge in [0.05, 0.1) is 10.9 Å². The first-order valence-electron chi connectivity index (χ1n) is 8.37. The highest BCUT2D eigenvalue weighted by Gasteiger charge is 2.28. The van der Waals surface area contributed by atoms with E-state index < -0.39 is 0 Å². The van der Waals surface area contributed by atoms with E-state index in [-0.39, 0.29) is 17.9 Å². The number of likely N-dealkylation sites (tertiary alicyclic amines) is 1. The second-order valence-electron chi connectivity index (χ2n) is 6.26. The van der Waals surface area contributed by atoms with Crippen molar-refractivity contribution < 1.29 is 9.59 Å². The molecule has 128 valence electrons. The Balaban J connectivity index is 1.52. The van der Waals surface area contributed by atoms with Crippen molar-refractivity contribution in [1.82, 2.24) is 10.2 Å². The quantitative estimate of drug-likeness (QED) is 0.789. The lowest BCUT2D eigenvalue weighted by atomic mass is 10.1. The van der Waals surface area contributed by atoms with E-state index in [0.29, 0.717) is 6.54 Å². The van der Waals surface area contributed by atoms with Crippen LogP contribution in [0.15, 0.2) is 24.3 Å². The second kappa shape index (κ2) is 7.32. The molecule has 5 nitrogen and oxygen atoms in total. The Morgan fingerprint density at radius 2 is 2.17 bits per heavy atom. The van der Waals surface area contributed by atoms with E-state index in [2.05, 4.69) is 16.3 Å². The number of carbonyl (C=O) groups excluding carboxylic acids is 2. The standard InChI is InChI=1S/C18H23N3O2S/c1-12-13-6-2-3-8-15(13)24-16(12)18(23)20-9-5-11-21-10-4-7-14(21)17(19)22/h2-3,6,8,14H,4-5,7,9-11H2,1H3,(H2,19,22)(H,20,23)/t14-/m1/s1. The zero-order chi connectivity index (χ0) is 17.1. The fourth-order valence-corrected chi connectivity index (χ4v) is 4.50. The molecule has 1 fully saturated rings. The molecule has 3 N–H and O–H groups in total. The Morgan fingerprint density at radius 3 is 2.92 bits per heavy atom. The van der Waals surface area contributed by atoms with Gasteiger partial charge in [0, 0.05) is 17.8 Å². The number of rotatable bonds is 6. The fraction of sp³-hybridized carbons (Fsp3) is 0.444. The maximum Gasteiger partial charge on any atom is 0.261 e. The van der Waals surface area contributed by atoms with Crippen LogP contribution in [0.25, 0.3) is 10.1 Å². The lowest BCUT2D eigenvalue weighted by Gasteiger charge is -2.21. The van der Waals surface area contributed by atoms with E-state index in [4.69, 9.17) is 5.73 Å². The Labute approximate surface area is 145 Å². The lowest BCUT2D eigenvalue weighted by Crippen LogP contribution is -2.41. The molecule has 0 spiro atoms. The number of nitrogens with zero attached hydrogens (tertiary/aromatic N) is 1. The summed E-state index contributed by atoms with van der Waals surface area (Å²) < 4.78 is 1.14. The molecule has 1 aromatic heterocycles. The Hall–Kier alpha value is -1.92. The van der Waals surface area contributed by atoms with Crippen LogP contribution in [-0.4, -0.2) is 42.4 Å². The lowest BCUT2D eigenvalue weighted by molar-refractivity contribution is -0.122. The normalized spacial score (nSPS) is 18.1. The van der Waals surface area contributed by atoms with Crippen LogP contribution >= 0.6 is 11.3 Å². The van der Waals surface area contributed by atoms with Gasteiger partial charge in [-0.15, -0.1) is 11.3 Å². The number of amides is 2. The minimum atomic E-state index is -0.238. The van der Waals surface area contributed by atoms with E-state index >= 15 is 0 Å². The summed E-state index contributed by atoms with van der Waals surface area (Å²) in [5, 5.41) is 4.14. The highest BCUT2D eigenvalue weighted by atomic mass is 32.1. The molecule has 1 aliphatic rings. The molecule has 1 atom stereocenters. The summed E-state index contributed by atoms with van der Waals surface area (Å²) in [7, 11) is 0. The number of fused-ring (bicyclic) bond motifs is 1. The molecule has 6 heteroatoms. The second-order valence-corrected chi connectivity index (χ2v) is 7.31. The number of nitrogens with two attached hydrogens (primary N) is 1. The zero-order valence-corrected chi connectivity index (χ0v) is 14.7. The molecular formula is C18H23N3O2S. The highest BCUT2D eigenvalue weighted by Crippen LogP contribution is 2.30. The SMILES string of the molecule is Cc1c(C(=O)NCCCN2CCC[C@@H]2C(N)=O)sc2ccccc12. The van der Waals surface area contributed by atoms with Crippen LogP contribution in [0.5, 0.6) is 0 Å². The number of primary amides is 1. The van der Waals surface area contributed by atoms with Crippen LogP contribution in [0.2, 0.25) is 0 Å². The number of hydrogen-bond donors (Lipinski definition) is 2. The summed E-state index contributed by atoms with van der Waals surface area (Å²) >= 11 is 1.54. The van der Waals surface area contributed by atoms with Gasteiger partial charge in [-0.2, -0.15) is 0 Å². The summed E-state index contributed by atoms with van der Waals surface area (Å²) in [5.41, 5.74) is 6.46. The summed E-state index contributed by atoms with van der Waals surface area (Å²) in [5.74, 6) is -0.251. The third-order valence-corrected chi connectivity index (χ3v) is 5.92. The molecule has 1 aliphatic heterocycles. The molecule has 0 radical (unpaired) electrons. The van der Waals surface area contributed by atoms with E-state index in [1.165, 1.54) is 11.3 Å². The minimum Gasteiger partial charge on any atom is -0.368 e. The number of hydrogen-bond acceptors (Lipinski definition) is 4. The van der Waals surface area contributed by atoms with E-state index in [1.54, 1.807) is 0 Å². The van der Waals surface area contributed by atoms with Crippen molar-refractivity contribution in [3.8, 4) is 0 Å². The molecule has 0 aliphatic carbocycles. The molecule has 1 aromatic carbocycles. The first-order chi connectivity index (χ1) is 11.6. The molecule has 2 heterocycles. The van der Waals surface area contributed by atoms with E-state index in [9.17, 15) is 9.59 Å². The van der Waals surface area contributed by atoms with Crippen LogP contribution < -0.4 is 11.1 Å². The summed E-state index contributed by atoms with van der Waals surface area (Å²) in [6.07, 6.45) is 2.68. The molecule has 2 aromatic rings. The van der Waals surface area contributed by atoms with Gasteiger partial charge in [-0.25, -0.2) is 0 Å². The fourth-order valence-electron chi connectivity index (χ4n) is 3.37. The van der Waals surface area contributed by atoms with Gasteiger partial charge in [0.1, 0.15) is 0 Å². The number of benzene rings is 1. The summed E-state index contributed by atoms with van der Waals surface area (Å²) in [4.78, 5) is 26.7. The number of nitrogens with one attached hydrogen (secondary N) is 1. The van der Waals surface area contributed by atoms with Crippen LogP contribution in [-0.2, 0) is 4.79 Å². The van der Waals surface area contributed by atoms with Crippen molar-refractivity contribution in [3.63, 3.8) is 0 Å². The maximum atomic E-state index is 12.4. The van der Waals surface area contributed by atoms with E-state index in [1.807, 2.05) is 25.1 Å². The predicted molar refractivity (Wildman–Crippen MR) is 97.3 cm³/mol. The van der Waals surface area contributed by atoms with Crippen LogP contribution in [0.4, 0.5) is 0 Å². The van der Waals surface area contributed by atoms with Crippen molar-refractivity contribution >= 4 is 33.2 Å². The van der Waals surface area contributed by atoms with Crippen molar-refractivity contribution in [2.45, 2.75) is 32.2 Å². The van der Waals surface area contributed by atoms with Gasteiger partial charge in [0.15, 0.2) is 0 Å². The van der Waals surface area contributed by atoms with Gasteiger partial charge in [-0.3, -0.25) is 14.5 Å². The Morgan fingerprint density at radius 1 is 1.38 bits per heavy atom. The Kier molecular flexibility index (Phi) is 5.16. The largest absolute Gasteiger partial charge is 0.368 e. The van der Waals surface area contributed by atoms with Crippen LogP contribution in [0, 0.1) is 6.92 Å². The zero-order valence-electron chi connectivity index (χ0n) is 13.9. The average molecular weight is 345 g/mol. The van der Waals surface area contributed by atoms with Crippen molar-refractivity contribution in [3.05, 3.63) is 34.7 Å². The molecule has 0 bridgehead atoms. The molecule has 2 amide bonds. The maximum absolute atomic E-state index is 12.4. The summed E-state index contributed by atoms with van der Waals surface area (Å²) in [6, 6.07) is 7.95. The summed E-state index contributed by atoms with van der Waals surface area (Å²) in [6.45, 7) is 4.31. The molecular weight excluding hydrogens is 322 g/mol. The number of thiophene rings is 1. The van der Waals surface area contributed by atoms with Crippen molar-refractivity contribution in [2.24, 2.45) is 5.73 Å². The predicted octanol–water partition coefficient (Wildman–Crippen LogP) is 2.28. The first kappa shape index (κ1) is 16.9. The smallest absolute Gasteiger partial charge is 0.261 e. The van der Waals surface area contributed by atoms with Gasteiger partial charge in [0.25, 0.3) is 5.91 Å². The molecule has 3 rings (SSSR count). The molecule has 0 saturated carbocycles. The first-order valence-corrected chi connectivity index (χ1v) is 9.19. The third-order valence-electron chi connectivity index (χ3n) is 4.65. The van der Waals surface area contributed by atoms with Gasteiger partial charge in [0.2, 0.25) is 5.91 Å². The van der Waals surface area contributed by atoms with Gasteiger partial charge in [-0.1, -0.05) is 18.2 Å². The van der Waals surface area contributed by atoms with Gasteiger partial charge < -0.3 is 11.1 Å². The average Bonchev–Trinajstić information content (AvgIpc) is 3.17. The van der Waals surface area contributed by atoms with Crippen LogP contribution in [0.3, 0.4) is 0 Å².